The van der Waals surface area contributed by atoms with Crippen LogP contribution in [0.3, 0.4) is 0 Å². The highest BCUT2D eigenvalue weighted by molar-refractivity contribution is 7.99. The van der Waals surface area contributed by atoms with Crippen LogP contribution in [0.25, 0.3) is 0 Å². The van der Waals surface area contributed by atoms with E-state index in [1.807, 2.05) is 112 Å². The van der Waals surface area contributed by atoms with Crippen LogP contribution in [0, 0.1) is 37.0 Å². The molecule has 1 amide bonds. The zero-order valence-electron chi connectivity index (χ0n) is 26.2. The van der Waals surface area contributed by atoms with E-state index in [0.29, 0.717) is 18.7 Å². The first-order valence-corrected chi connectivity index (χ1v) is 15.4. The van der Waals surface area contributed by atoms with Crippen LogP contribution in [-0.2, 0) is 14.3 Å². The van der Waals surface area contributed by atoms with Gasteiger partial charge in [-0.05, 0) is 87.5 Å². The van der Waals surface area contributed by atoms with Crippen molar-refractivity contribution in [2.45, 2.75) is 37.0 Å². The van der Waals surface area contributed by atoms with Gasteiger partial charge in [0, 0.05) is 36.7 Å². The minimum atomic E-state index is -0.875. The van der Waals surface area contributed by atoms with E-state index in [4.69, 9.17) is 10.00 Å². The summed E-state index contributed by atoms with van der Waals surface area (Å²) in [5, 5.41) is 8.56. The molecule has 0 radical (unpaired) electrons. The lowest BCUT2D eigenvalue weighted by atomic mass is 10.0. The molecule has 0 N–H and O–H groups in total. The number of anilines is 1. The number of amides is 1. The highest BCUT2D eigenvalue weighted by Crippen LogP contribution is 2.46. The summed E-state index contributed by atoms with van der Waals surface area (Å²) < 4.78 is 5.58. The molecular weight excluding hydrogens is 580 g/mol. The molecule has 4 aromatic rings. The Morgan fingerprint density at radius 1 is 0.956 bits per heavy atom. The molecule has 0 fully saturated rings. The zero-order chi connectivity index (χ0) is 32.3. The number of para-hydroxylation sites is 1. The molecule has 8 heteroatoms. The van der Waals surface area contributed by atoms with E-state index in [1.165, 1.54) is 6.92 Å². The number of thioether (sulfide) groups is 1. The molecule has 1 aromatic heterocycles. The third-order valence-corrected chi connectivity index (χ3v) is 8.24. The average molecular weight is 617 g/mol. The van der Waals surface area contributed by atoms with E-state index in [0.717, 1.165) is 38.5 Å². The SMILES string of the molecule is CC(=O)O[C@H]1C(=O)N(CCN(C)C)c2ccccc2S[C@H]1c1ccc(C)cc1.Cc1cc(C#N)cc(C#Cc2ccccn2)c1. The Labute approximate surface area is 269 Å². The summed E-state index contributed by atoms with van der Waals surface area (Å²) in [5.41, 5.74) is 6.22. The number of benzene rings is 3. The van der Waals surface area contributed by atoms with Crippen LogP contribution in [0.4, 0.5) is 5.69 Å². The van der Waals surface area contributed by atoms with Gasteiger partial charge in [-0.3, -0.25) is 9.59 Å². The number of rotatable bonds is 5. The van der Waals surface area contributed by atoms with Crippen LogP contribution < -0.4 is 4.90 Å². The van der Waals surface area contributed by atoms with Gasteiger partial charge in [0.05, 0.1) is 22.6 Å². The molecule has 45 heavy (non-hydrogen) atoms. The van der Waals surface area contributed by atoms with Gasteiger partial charge < -0.3 is 14.5 Å². The Morgan fingerprint density at radius 2 is 1.67 bits per heavy atom. The van der Waals surface area contributed by atoms with Crippen molar-refractivity contribution in [2.75, 3.05) is 32.1 Å². The van der Waals surface area contributed by atoms with Crippen molar-refractivity contribution < 1.29 is 14.3 Å². The second-order valence-corrected chi connectivity index (χ2v) is 12.1. The Hall–Kier alpha value is -4.89. The number of hydrogen-bond acceptors (Lipinski definition) is 7. The van der Waals surface area contributed by atoms with Crippen molar-refractivity contribution in [1.82, 2.24) is 9.88 Å². The number of carbonyl (C=O) groups is 2. The second-order valence-electron chi connectivity index (χ2n) is 10.9. The van der Waals surface area contributed by atoms with Crippen LogP contribution in [0.1, 0.15) is 45.7 Å². The van der Waals surface area contributed by atoms with Gasteiger partial charge in [0.2, 0.25) is 0 Å². The lowest BCUT2D eigenvalue weighted by Crippen LogP contribution is -2.45. The zero-order valence-corrected chi connectivity index (χ0v) is 27.0. The normalized spacial score (nSPS) is 15.4. The maximum Gasteiger partial charge on any atom is 0.303 e. The van der Waals surface area contributed by atoms with Gasteiger partial charge in [-0.1, -0.05) is 53.9 Å². The van der Waals surface area contributed by atoms with Gasteiger partial charge in [-0.15, -0.1) is 11.8 Å². The van der Waals surface area contributed by atoms with Crippen molar-refractivity contribution >= 4 is 29.3 Å². The van der Waals surface area contributed by atoms with Crippen LogP contribution in [0.15, 0.2) is 96.0 Å². The summed E-state index contributed by atoms with van der Waals surface area (Å²) in [6.07, 6.45) is 0.834. The molecule has 0 unspecified atom stereocenters. The lowest BCUT2D eigenvalue weighted by molar-refractivity contribution is -0.152. The molecular formula is C37H36N4O3S. The second kappa shape index (κ2) is 15.7. The van der Waals surface area contributed by atoms with Gasteiger partial charge >= 0.3 is 5.97 Å². The number of hydrogen-bond donors (Lipinski definition) is 0. The van der Waals surface area contributed by atoms with Crippen molar-refractivity contribution in [3.8, 4) is 17.9 Å². The summed E-state index contributed by atoms with van der Waals surface area (Å²) in [5.74, 6) is 5.35. The van der Waals surface area contributed by atoms with Gasteiger partial charge in [-0.2, -0.15) is 5.26 Å². The van der Waals surface area contributed by atoms with Gasteiger partial charge in [0.15, 0.2) is 6.10 Å². The fourth-order valence-electron chi connectivity index (χ4n) is 4.69. The molecule has 0 spiro atoms. The number of carbonyl (C=O) groups excluding carboxylic acids is 2. The van der Waals surface area contributed by atoms with Crippen LogP contribution in [0.5, 0.6) is 0 Å². The van der Waals surface area contributed by atoms with E-state index >= 15 is 0 Å². The van der Waals surface area contributed by atoms with E-state index in [2.05, 4.69) is 22.9 Å². The molecule has 0 bridgehead atoms. The summed E-state index contributed by atoms with van der Waals surface area (Å²) in [7, 11) is 3.95. The average Bonchev–Trinajstić information content (AvgIpc) is 3.13. The fourth-order valence-corrected chi connectivity index (χ4v) is 6.01. The fraction of sp³-hybridized carbons (Fsp3) is 0.243. The number of likely N-dealkylation sites (N-methyl/N-ethyl adjacent to an activating group) is 1. The molecule has 0 saturated carbocycles. The van der Waals surface area contributed by atoms with Crippen LogP contribution >= 0.6 is 11.8 Å². The predicted molar refractivity (Wildman–Crippen MR) is 179 cm³/mol. The Kier molecular flexibility index (Phi) is 11.5. The molecule has 5 rings (SSSR count). The number of esters is 1. The molecule has 3 aromatic carbocycles. The molecule has 1 aliphatic rings. The first kappa shape index (κ1) is 33.0. The van der Waals surface area contributed by atoms with E-state index in [-0.39, 0.29) is 11.2 Å². The smallest absolute Gasteiger partial charge is 0.303 e. The number of nitrogens with zero attached hydrogens (tertiary/aromatic N) is 4. The quantitative estimate of drug-likeness (QED) is 0.191. The topological polar surface area (TPSA) is 86.5 Å². The van der Waals surface area contributed by atoms with Gasteiger partial charge in [-0.25, -0.2) is 4.98 Å². The highest BCUT2D eigenvalue weighted by Gasteiger charge is 2.40. The largest absolute Gasteiger partial charge is 0.451 e. The molecule has 228 valence electrons. The molecule has 0 saturated heterocycles. The number of ether oxygens (including phenoxy) is 1. The molecule has 1 aliphatic heterocycles. The Balaban J connectivity index is 0.000000231. The number of aryl methyl sites for hydroxylation is 2. The number of nitriles is 1. The standard InChI is InChI=1S/C22H26N2O3S.C15H10N2/c1-15-9-11-17(12-10-15)21-20(27-16(2)25)22(26)24(14-13-23(3)4)18-7-5-6-8-19(18)28-21;1-12-8-13(10-14(9-12)11-16)5-6-15-4-2-3-7-17-15/h5-12,20-21H,13-14H2,1-4H3;2-4,7-10H,1H3/t20-,21+;/m1./s1. The number of fused-ring (bicyclic) bond motifs is 1. The summed E-state index contributed by atoms with van der Waals surface area (Å²) in [6, 6.07) is 29.2. The maximum absolute atomic E-state index is 13.5. The first-order valence-electron chi connectivity index (χ1n) is 14.5. The summed E-state index contributed by atoms with van der Waals surface area (Å²) >= 11 is 1.58. The monoisotopic (exact) mass is 616 g/mol. The van der Waals surface area contributed by atoms with E-state index in [9.17, 15) is 9.59 Å². The van der Waals surface area contributed by atoms with Crippen molar-refractivity contribution in [2.24, 2.45) is 0 Å². The van der Waals surface area contributed by atoms with Gasteiger partial charge in [0.1, 0.15) is 5.69 Å². The number of aromatic nitrogens is 1. The summed E-state index contributed by atoms with van der Waals surface area (Å²) in [4.78, 5) is 34.3. The third-order valence-electron chi connectivity index (χ3n) is 6.87. The molecule has 2 heterocycles. The minimum absolute atomic E-state index is 0.180. The third kappa shape index (κ3) is 9.30. The van der Waals surface area contributed by atoms with E-state index in [1.54, 1.807) is 28.9 Å². The predicted octanol–water partition coefficient (Wildman–Crippen LogP) is 6.33. The Morgan fingerprint density at radius 3 is 2.33 bits per heavy atom. The lowest BCUT2D eigenvalue weighted by Gasteiger charge is -2.28. The molecule has 0 aliphatic carbocycles. The van der Waals surface area contributed by atoms with Crippen LogP contribution in [-0.4, -0.2) is 55.0 Å². The van der Waals surface area contributed by atoms with Crippen molar-refractivity contribution in [1.29, 1.82) is 5.26 Å². The summed E-state index contributed by atoms with van der Waals surface area (Å²) in [6.45, 7) is 6.57. The Bertz CT molecular complexity index is 1740. The minimum Gasteiger partial charge on any atom is -0.451 e. The molecule has 7 nitrogen and oxygen atoms in total. The van der Waals surface area contributed by atoms with Crippen molar-refractivity contribution in [3.63, 3.8) is 0 Å². The van der Waals surface area contributed by atoms with Gasteiger partial charge in [0.25, 0.3) is 5.91 Å². The van der Waals surface area contributed by atoms with Crippen LogP contribution in [0.2, 0.25) is 0 Å². The maximum atomic E-state index is 13.5. The first-order chi connectivity index (χ1) is 21.6. The van der Waals surface area contributed by atoms with Crippen molar-refractivity contribution in [3.05, 3.63) is 125 Å². The highest BCUT2D eigenvalue weighted by atomic mass is 32.2. The molecule has 2 atom stereocenters. The number of pyridine rings is 1. The van der Waals surface area contributed by atoms with E-state index < -0.39 is 12.1 Å².